The number of carbonyl (C=O) groups excluding carboxylic acids is 1. The first-order chi connectivity index (χ1) is 13.6. The smallest absolute Gasteiger partial charge is 0.232 e. The zero-order valence-corrected chi connectivity index (χ0v) is 19.1. The SMILES string of the molecule is CCc1ccc(C(C)NC(=O)CCCN(c2ccc(Cl)c(Cl)c2)S(C)(=O)=O)cc1. The summed E-state index contributed by atoms with van der Waals surface area (Å²) in [7, 11) is -3.52. The number of benzene rings is 2. The van der Waals surface area contributed by atoms with Crippen LogP contribution in [-0.2, 0) is 21.2 Å². The second-order valence-corrected chi connectivity index (χ2v) is 9.64. The number of rotatable bonds is 9. The Kier molecular flexibility index (Phi) is 8.37. The van der Waals surface area contributed by atoms with Gasteiger partial charge in [-0.05, 0) is 49.1 Å². The van der Waals surface area contributed by atoms with Crippen LogP contribution in [0.3, 0.4) is 0 Å². The van der Waals surface area contributed by atoms with E-state index in [4.69, 9.17) is 23.2 Å². The molecule has 0 bridgehead atoms. The summed E-state index contributed by atoms with van der Waals surface area (Å²) in [6.07, 6.45) is 2.68. The number of hydrogen-bond donors (Lipinski definition) is 1. The highest BCUT2D eigenvalue weighted by molar-refractivity contribution is 7.92. The number of aryl methyl sites for hydroxylation is 1. The third kappa shape index (κ3) is 6.91. The number of anilines is 1. The van der Waals surface area contributed by atoms with Gasteiger partial charge < -0.3 is 5.32 Å². The molecular weight excluding hydrogens is 431 g/mol. The fraction of sp³-hybridized carbons (Fsp3) is 0.381. The van der Waals surface area contributed by atoms with Crippen LogP contribution in [0.4, 0.5) is 5.69 Å². The Morgan fingerprint density at radius 3 is 2.31 bits per heavy atom. The van der Waals surface area contributed by atoms with Crippen LogP contribution >= 0.6 is 23.2 Å². The number of nitrogens with zero attached hydrogens (tertiary/aromatic N) is 1. The lowest BCUT2D eigenvalue weighted by Gasteiger charge is -2.23. The second kappa shape index (κ2) is 10.3. The molecule has 2 aromatic rings. The Hall–Kier alpha value is -1.76. The van der Waals surface area contributed by atoms with Crippen molar-refractivity contribution >= 4 is 44.8 Å². The number of halogens is 2. The van der Waals surface area contributed by atoms with E-state index >= 15 is 0 Å². The molecule has 8 heteroatoms. The molecule has 0 aliphatic rings. The molecule has 0 spiro atoms. The van der Waals surface area contributed by atoms with E-state index in [1.54, 1.807) is 12.1 Å². The molecule has 1 N–H and O–H groups in total. The predicted octanol–water partition coefficient (Wildman–Crippen LogP) is 4.98. The van der Waals surface area contributed by atoms with E-state index < -0.39 is 10.0 Å². The number of sulfonamides is 1. The van der Waals surface area contributed by atoms with Gasteiger partial charge in [-0.1, -0.05) is 54.4 Å². The second-order valence-electron chi connectivity index (χ2n) is 6.92. The lowest BCUT2D eigenvalue weighted by atomic mass is 10.0. The van der Waals surface area contributed by atoms with Crippen molar-refractivity contribution in [3.05, 3.63) is 63.6 Å². The molecule has 0 radical (unpaired) electrons. The van der Waals surface area contributed by atoms with Gasteiger partial charge in [0.25, 0.3) is 0 Å². The van der Waals surface area contributed by atoms with Gasteiger partial charge in [0.05, 0.1) is 28.0 Å². The minimum atomic E-state index is -3.52. The summed E-state index contributed by atoms with van der Waals surface area (Å²) in [4.78, 5) is 12.3. The number of carbonyl (C=O) groups is 1. The maximum Gasteiger partial charge on any atom is 0.232 e. The quantitative estimate of drug-likeness (QED) is 0.578. The third-order valence-corrected chi connectivity index (χ3v) is 6.56. The van der Waals surface area contributed by atoms with Gasteiger partial charge in [0.15, 0.2) is 0 Å². The predicted molar refractivity (Wildman–Crippen MR) is 120 cm³/mol. The summed E-state index contributed by atoms with van der Waals surface area (Å²) in [5.41, 5.74) is 2.70. The standard InChI is InChI=1S/C21H26Cl2N2O3S/c1-4-16-7-9-17(10-8-16)15(2)24-21(26)6-5-13-25(29(3,27)28)18-11-12-19(22)20(23)14-18/h7-12,14-15H,4-6,13H2,1-3H3,(H,24,26). The molecule has 0 aromatic heterocycles. The van der Waals surface area contributed by atoms with E-state index in [0.717, 1.165) is 18.2 Å². The molecule has 0 saturated heterocycles. The zero-order valence-electron chi connectivity index (χ0n) is 16.8. The van der Waals surface area contributed by atoms with Crippen LogP contribution in [0.1, 0.15) is 43.9 Å². The van der Waals surface area contributed by atoms with E-state index in [1.807, 2.05) is 19.1 Å². The Labute approximate surface area is 183 Å². The summed E-state index contributed by atoms with van der Waals surface area (Å²) >= 11 is 11.9. The first-order valence-electron chi connectivity index (χ1n) is 9.42. The van der Waals surface area contributed by atoms with Crippen LogP contribution in [0, 0.1) is 0 Å². The van der Waals surface area contributed by atoms with E-state index in [9.17, 15) is 13.2 Å². The molecular formula is C21H26Cl2N2O3S. The number of nitrogens with one attached hydrogen (secondary N) is 1. The molecule has 0 saturated carbocycles. The van der Waals surface area contributed by atoms with Crippen molar-refractivity contribution in [2.45, 2.75) is 39.2 Å². The number of amides is 1. The van der Waals surface area contributed by atoms with Gasteiger partial charge in [-0.3, -0.25) is 9.10 Å². The zero-order chi connectivity index (χ0) is 21.6. The molecule has 0 aliphatic heterocycles. The summed E-state index contributed by atoms with van der Waals surface area (Å²) in [5, 5.41) is 3.58. The van der Waals surface area contributed by atoms with E-state index in [-0.39, 0.29) is 29.9 Å². The van der Waals surface area contributed by atoms with Crippen LogP contribution < -0.4 is 9.62 Å². The molecule has 158 valence electrons. The fourth-order valence-corrected chi connectivity index (χ4v) is 4.20. The normalized spacial score (nSPS) is 12.4. The lowest BCUT2D eigenvalue weighted by Crippen LogP contribution is -2.32. The third-order valence-electron chi connectivity index (χ3n) is 4.62. The van der Waals surface area contributed by atoms with E-state index in [1.165, 1.54) is 15.9 Å². The molecule has 0 fully saturated rings. The Morgan fingerprint density at radius 2 is 1.76 bits per heavy atom. The van der Waals surface area contributed by atoms with Gasteiger partial charge in [0.1, 0.15) is 0 Å². The van der Waals surface area contributed by atoms with Crippen LogP contribution in [0.25, 0.3) is 0 Å². The first-order valence-corrected chi connectivity index (χ1v) is 12.0. The van der Waals surface area contributed by atoms with Crippen molar-refractivity contribution in [3.63, 3.8) is 0 Å². The van der Waals surface area contributed by atoms with Crippen LogP contribution in [0.15, 0.2) is 42.5 Å². The summed E-state index contributed by atoms with van der Waals surface area (Å²) in [6, 6.07) is 12.7. The minimum Gasteiger partial charge on any atom is -0.350 e. The van der Waals surface area contributed by atoms with Crippen molar-refractivity contribution in [1.29, 1.82) is 0 Å². The highest BCUT2D eigenvalue weighted by Gasteiger charge is 2.19. The topological polar surface area (TPSA) is 66.5 Å². The van der Waals surface area contributed by atoms with E-state index in [2.05, 4.69) is 24.4 Å². The van der Waals surface area contributed by atoms with Crippen LogP contribution in [0.5, 0.6) is 0 Å². The molecule has 0 heterocycles. The summed E-state index contributed by atoms with van der Waals surface area (Å²) < 4.78 is 25.6. The van der Waals surface area contributed by atoms with Gasteiger partial charge in [-0.15, -0.1) is 0 Å². The Bertz CT molecular complexity index is 947. The molecule has 1 unspecified atom stereocenters. The van der Waals surface area contributed by atoms with Gasteiger partial charge in [-0.25, -0.2) is 8.42 Å². The van der Waals surface area contributed by atoms with Gasteiger partial charge in [-0.2, -0.15) is 0 Å². The van der Waals surface area contributed by atoms with Crippen LogP contribution in [0.2, 0.25) is 10.0 Å². The summed E-state index contributed by atoms with van der Waals surface area (Å²) in [5.74, 6) is -0.125. The van der Waals surface area contributed by atoms with Gasteiger partial charge in [0, 0.05) is 13.0 Å². The highest BCUT2D eigenvalue weighted by Crippen LogP contribution is 2.28. The van der Waals surface area contributed by atoms with Crippen molar-refractivity contribution in [2.24, 2.45) is 0 Å². The highest BCUT2D eigenvalue weighted by atomic mass is 35.5. The van der Waals surface area contributed by atoms with Crippen molar-refractivity contribution in [2.75, 3.05) is 17.1 Å². The summed E-state index contributed by atoms with van der Waals surface area (Å²) in [6.45, 7) is 4.19. The average molecular weight is 457 g/mol. The Morgan fingerprint density at radius 1 is 1.10 bits per heavy atom. The molecule has 2 rings (SSSR count). The van der Waals surface area contributed by atoms with Gasteiger partial charge in [0.2, 0.25) is 15.9 Å². The molecule has 29 heavy (non-hydrogen) atoms. The van der Waals surface area contributed by atoms with Crippen molar-refractivity contribution in [1.82, 2.24) is 5.32 Å². The largest absolute Gasteiger partial charge is 0.350 e. The molecule has 0 aliphatic carbocycles. The monoisotopic (exact) mass is 456 g/mol. The van der Waals surface area contributed by atoms with Gasteiger partial charge >= 0.3 is 0 Å². The van der Waals surface area contributed by atoms with Crippen molar-refractivity contribution < 1.29 is 13.2 Å². The number of hydrogen-bond acceptors (Lipinski definition) is 3. The first kappa shape index (κ1) is 23.5. The average Bonchev–Trinajstić information content (AvgIpc) is 2.66. The minimum absolute atomic E-state index is 0.116. The molecule has 2 aromatic carbocycles. The van der Waals surface area contributed by atoms with E-state index in [0.29, 0.717) is 17.1 Å². The fourth-order valence-electron chi connectivity index (χ4n) is 2.95. The van der Waals surface area contributed by atoms with Crippen LogP contribution in [-0.4, -0.2) is 27.1 Å². The maximum absolute atomic E-state index is 12.3. The maximum atomic E-state index is 12.3. The lowest BCUT2D eigenvalue weighted by molar-refractivity contribution is -0.121. The molecule has 1 amide bonds. The molecule has 5 nitrogen and oxygen atoms in total. The Balaban J connectivity index is 1.94. The molecule has 1 atom stereocenters. The van der Waals surface area contributed by atoms with Crippen molar-refractivity contribution in [3.8, 4) is 0 Å².